The minimum Gasteiger partial charge on any atom is -0.497 e. The number of anilines is 1. The van der Waals surface area contributed by atoms with Crippen molar-refractivity contribution >= 4 is 44.8 Å². The summed E-state index contributed by atoms with van der Waals surface area (Å²) in [7, 11) is -2.03. The van der Waals surface area contributed by atoms with Gasteiger partial charge in [-0.1, -0.05) is 53.5 Å². The Morgan fingerprint density at radius 1 is 1.03 bits per heavy atom. The minimum absolute atomic E-state index is 0.0447. The van der Waals surface area contributed by atoms with Crippen molar-refractivity contribution in [1.82, 2.24) is 5.32 Å². The average Bonchev–Trinajstić information content (AvgIpc) is 2.79. The fourth-order valence-corrected chi connectivity index (χ4v) is 4.59. The summed E-state index contributed by atoms with van der Waals surface area (Å²) < 4.78 is 31.2. The van der Waals surface area contributed by atoms with E-state index in [1.54, 1.807) is 49.6 Å². The van der Waals surface area contributed by atoms with Gasteiger partial charge in [0.1, 0.15) is 5.75 Å². The zero-order valence-corrected chi connectivity index (χ0v) is 20.7. The van der Waals surface area contributed by atoms with Gasteiger partial charge >= 0.3 is 0 Å². The lowest BCUT2D eigenvalue weighted by Gasteiger charge is -2.24. The van der Waals surface area contributed by atoms with Crippen LogP contribution in [-0.2, 0) is 16.6 Å². The average molecular weight is 507 g/mol. The number of sulfonamides is 1. The topological polar surface area (TPSA) is 75.7 Å². The van der Waals surface area contributed by atoms with Crippen molar-refractivity contribution in [3.8, 4) is 5.75 Å². The number of hydrogen-bond acceptors (Lipinski definition) is 4. The number of nitrogens with zero attached hydrogens (tertiary/aromatic N) is 1. The fraction of sp³-hybridized carbons (Fsp3) is 0.208. The summed E-state index contributed by atoms with van der Waals surface area (Å²) in [5.74, 6) is 0.512. The number of benzene rings is 3. The zero-order chi connectivity index (χ0) is 24.2. The van der Waals surface area contributed by atoms with E-state index in [2.05, 4.69) is 5.32 Å². The Kier molecular flexibility index (Phi) is 7.89. The van der Waals surface area contributed by atoms with E-state index in [4.69, 9.17) is 27.9 Å². The van der Waals surface area contributed by atoms with Crippen molar-refractivity contribution in [2.75, 3.05) is 17.7 Å². The number of ether oxygens (including phenoxy) is 1. The summed E-state index contributed by atoms with van der Waals surface area (Å²) in [6, 6.07) is 18.8. The van der Waals surface area contributed by atoms with Crippen LogP contribution in [0.3, 0.4) is 0 Å². The summed E-state index contributed by atoms with van der Waals surface area (Å²) in [5, 5.41) is 3.38. The molecule has 0 aliphatic carbocycles. The van der Waals surface area contributed by atoms with Gasteiger partial charge in [0.25, 0.3) is 5.91 Å². The molecule has 0 bridgehead atoms. The number of amides is 1. The molecule has 0 aromatic heterocycles. The van der Waals surface area contributed by atoms with Gasteiger partial charge in [-0.3, -0.25) is 9.10 Å². The second kappa shape index (κ2) is 10.5. The van der Waals surface area contributed by atoms with E-state index >= 15 is 0 Å². The van der Waals surface area contributed by atoms with Gasteiger partial charge in [-0.2, -0.15) is 0 Å². The van der Waals surface area contributed by atoms with Crippen molar-refractivity contribution in [2.24, 2.45) is 0 Å². The van der Waals surface area contributed by atoms with Gasteiger partial charge in [0, 0.05) is 5.56 Å². The molecule has 1 amide bonds. The molecule has 33 heavy (non-hydrogen) atoms. The molecule has 0 spiro atoms. The molecule has 0 fully saturated rings. The molecule has 0 saturated carbocycles. The van der Waals surface area contributed by atoms with Gasteiger partial charge < -0.3 is 10.1 Å². The minimum atomic E-state index is -3.63. The normalized spacial score (nSPS) is 12.2. The molecule has 9 heteroatoms. The van der Waals surface area contributed by atoms with E-state index in [9.17, 15) is 13.2 Å². The van der Waals surface area contributed by atoms with Gasteiger partial charge in [0.05, 0.1) is 41.7 Å². The highest BCUT2D eigenvalue weighted by molar-refractivity contribution is 7.92. The van der Waals surface area contributed by atoms with E-state index in [0.717, 1.165) is 17.6 Å². The van der Waals surface area contributed by atoms with Gasteiger partial charge in [0.2, 0.25) is 10.0 Å². The lowest BCUT2D eigenvalue weighted by molar-refractivity contribution is 0.0940. The lowest BCUT2D eigenvalue weighted by atomic mass is 10.1. The molecule has 3 aromatic rings. The predicted molar refractivity (Wildman–Crippen MR) is 133 cm³/mol. The van der Waals surface area contributed by atoms with E-state index < -0.39 is 10.0 Å². The molecule has 0 aliphatic heterocycles. The van der Waals surface area contributed by atoms with Crippen molar-refractivity contribution in [1.29, 1.82) is 0 Å². The molecular formula is C24H24Cl2N2O4S. The number of nitrogens with one attached hydrogen (secondary N) is 1. The molecule has 6 nitrogen and oxygen atoms in total. The Morgan fingerprint density at radius 2 is 1.67 bits per heavy atom. The van der Waals surface area contributed by atoms with Crippen LogP contribution in [0.5, 0.6) is 5.75 Å². The maximum Gasteiger partial charge on any atom is 0.251 e. The first-order valence-electron chi connectivity index (χ1n) is 10.1. The third-order valence-corrected chi connectivity index (χ3v) is 7.04. The Morgan fingerprint density at radius 3 is 2.24 bits per heavy atom. The maximum absolute atomic E-state index is 12.7. The second-order valence-electron chi connectivity index (χ2n) is 7.51. The Bertz CT molecular complexity index is 1230. The number of hydrogen-bond donors (Lipinski definition) is 1. The molecule has 0 saturated heterocycles. The third-order valence-electron chi connectivity index (χ3n) is 5.11. The zero-order valence-electron chi connectivity index (χ0n) is 18.4. The van der Waals surface area contributed by atoms with Gasteiger partial charge in [-0.05, 0) is 54.4 Å². The van der Waals surface area contributed by atoms with Crippen LogP contribution < -0.4 is 14.4 Å². The third kappa shape index (κ3) is 6.19. The first-order chi connectivity index (χ1) is 15.6. The van der Waals surface area contributed by atoms with Gasteiger partial charge in [-0.25, -0.2) is 8.42 Å². The summed E-state index contributed by atoms with van der Waals surface area (Å²) in [5.41, 5.74) is 2.40. The molecule has 174 valence electrons. The Labute approximate surface area is 204 Å². The van der Waals surface area contributed by atoms with Crippen LogP contribution in [0.2, 0.25) is 10.0 Å². The van der Waals surface area contributed by atoms with Crippen LogP contribution in [0.1, 0.15) is 34.5 Å². The van der Waals surface area contributed by atoms with Crippen molar-refractivity contribution in [2.45, 2.75) is 19.5 Å². The molecule has 3 rings (SSSR count). The predicted octanol–water partition coefficient (Wildman–Crippen LogP) is 5.46. The van der Waals surface area contributed by atoms with Gasteiger partial charge in [-0.15, -0.1) is 0 Å². The molecular weight excluding hydrogens is 483 g/mol. The van der Waals surface area contributed by atoms with Crippen molar-refractivity contribution < 1.29 is 17.9 Å². The first kappa shape index (κ1) is 24.9. The Balaban J connectivity index is 1.74. The van der Waals surface area contributed by atoms with Gasteiger partial charge in [0.15, 0.2) is 0 Å². The van der Waals surface area contributed by atoms with Crippen LogP contribution in [0.4, 0.5) is 5.69 Å². The molecule has 0 unspecified atom stereocenters. The molecule has 1 N–H and O–H groups in total. The van der Waals surface area contributed by atoms with Crippen LogP contribution in [0, 0.1) is 0 Å². The van der Waals surface area contributed by atoms with Crippen molar-refractivity contribution in [3.05, 3.63) is 93.5 Å². The second-order valence-corrected chi connectivity index (χ2v) is 10.2. The van der Waals surface area contributed by atoms with Crippen LogP contribution in [0.25, 0.3) is 0 Å². The number of carbonyl (C=O) groups is 1. The number of carbonyl (C=O) groups excluding carboxylic acids is 1. The molecule has 0 aliphatic rings. The fourth-order valence-electron chi connectivity index (χ4n) is 3.25. The highest BCUT2D eigenvalue weighted by Gasteiger charge is 2.22. The van der Waals surface area contributed by atoms with E-state index in [1.165, 1.54) is 4.31 Å². The standard InChI is InChI=1S/C24H24Cl2N2O4S/c1-16(18-11-13-20(32-2)14-12-18)27-24(29)19-9-7-17(8-10-19)15-28(33(3,30)31)22-6-4-5-21(25)23(22)26/h4-14,16H,15H2,1-3H3,(H,27,29)/t16-/m1/s1. The van der Waals surface area contributed by atoms with E-state index in [0.29, 0.717) is 16.8 Å². The highest BCUT2D eigenvalue weighted by Crippen LogP contribution is 2.34. The van der Waals surface area contributed by atoms with Crippen LogP contribution in [-0.4, -0.2) is 27.7 Å². The lowest BCUT2D eigenvalue weighted by Crippen LogP contribution is -2.29. The molecule has 0 radical (unpaired) electrons. The highest BCUT2D eigenvalue weighted by atomic mass is 35.5. The van der Waals surface area contributed by atoms with E-state index in [-0.39, 0.29) is 28.5 Å². The summed E-state index contributed by atoms with van der Waals surface area (Å²) in [4.78, 5) is 12.7. The molecule has 0 heterocycles. The van der Waals surface area contributed by atoms with Crippen LogP contribution >= 0.6 is 23.2 Å². The van der Waals surface area contributed by atoms with E-state index in [1.807, 2.05) is 31.2 Å². The maximum atomic E-state index is 12.7. The van der Waals surface area contributed by atoms with Crippen molar-refractivity contribution in [3.63, 3.8) is 0 Å². The SMILES string of the molecule is COc1ccc([C@@H](C)NC(=O)c2ccc(CN(c3cccc(Cl)c3Cl)S(C)(=O)=O)cc2)cc1. The largest absolute Gasteiger partial charge is 0.497 e. The smallest absolute Gasteiger partial charge is 0.251 e. The molecule has 3 aromatic carbocycles. The Hall–Kier alpha value is -2.74. The number of halogens is 2. The summed E-state index contributed by atoms with van der Waals surface area (Å²) in [6.07, 6.45) is 1.10. The van der Waals surface area contributed by atoms with Crippen LogP contribution in [0.15, 0.2) is 66.7 Å². The first-order valence-corrected chi connectivity index (χ1v) is 12.7. The summed E-state index contributed by atoms with van der Waals surface area (Å²) >= 11 is 12.3. The number of rotatable bonds is 8. The summed E-state index contributed by atoms with van der Waals surface area (Å²) in [6.45, 7) is 1.94. The molecule has 1 atom stereocenters. The number of methoxy groups -OCH3 is 1. The quantitative estimate of drug-likeness (QED) is 0.440. The monoisotopic (exact) mass is 506 g/mol.